The van der Waals surface area contributed by atoms with Crippen molar-refractivity contribution in [2.75, 3.05) is 17.9 Å². The number of carbonyl (C=O) groups is 2. The van der Waals surface area contributed by atoms with Gasteiger partial charge in [0.15, 0.2) is 0 Å². The molecule has 3 aromatic rings. The number of hydrogen-bond acceptors (Lipinski definition) is 4. The summed E-state index contributed by atoms with van der Waals surface area (Å²) in [7, 11) is -2.70. The summed E-state index contributed by atoms with van der Waals surface area (Å²) in [6.45, 7) is 2.91. The van der Waals surface area contributed by atoms with Crippen molar-refractivity contribution in [3.63, 3.8) is 0 Å². The lowest BCUT2D eigenvalue weighted by atomic mass is 10.1. The van der Waals surface area contributed by atoms with Crippen LogP contribution in [0.4, 0.5) is 5.69 Å². The summed E-state index contributed by atoms with van der Waals surface area (Å²) in [6, 6.07) is 18.7. The van der Waals surface area contributed by atoms with Gasteiger partial charge >= 0.3 is 0 Å². The standard InChI is InChI=1S/C26H27Cl2N3O4S/c1-18-11-13-22(14-12-18)36(34,35)31(24-10-5-4-9-23(24)28)17-25(32)30(19(2)26(33)29-3)16-20-7-6-8-21(27)15-20/h4-15,19H,16-17H2,1-3H3,(H,29,33)/t19-/m1/s1. The average molecular weight is 548 g/mol. The van der Waals surface area contributed by atoms with E-state index < -0.39 is 34.4 Å². The van der Waals surface area contributed by atoms with Crippen LogP contribution < -0.4 is 9.62 Å². The molecule has 0 aliphatic carbocycles. The van der Waals surface area contributed by atoms with E-state index in [-0.39, 0.29) is 22.2 Å². The molecular weight excluding hydrogens is 521 g/mol. The summed E-state index contributed by atoms with van der Waals surface area (Å²) in [5.41, 5.74) is 1.74. The first-order valence-corrected chi connectivity index (χ1v) is 13.3. The number of benzene rings is 3. The number of nitrogens with zero attached hydrogens (tertiary/aromatic N) is 2. The molecule has 0 saturated carbocycles. The van der Waals surface area contributed by atoms with Gasteiger partial charge in [-0.15, -0.1) is 0 Å². The number of amides is 2. The molecule has 1 atom stereocenters. The molecule has 0 bridgehead atoms. The smallest absolute Gasteiger partial charge is 0.264 e. The van der Waals surface area contributed by atoms with Crippen molar-refractivity contribution in [2.45, 2.75) is 31.3 Å². The Morgan fingerprint density at radius 2 is 1.64 bits per heavy atom. The van der Waals surface area contributed by atoms with E-state index in [1.807, 2.05) is 6.92 Å². The minimum Gasteiger partial charge on any atom is -0.357 e. The molecular formula is C26H27Cl2N3O4S. The van der Waals surface area contributed by atoms with Crippen molar-refractivity contribution in [1.29, 1.82) is 0 Å². The Morgan fingerprint density at radius 3 is 2.25 bits per heavy atom. The second-order valence-corrected chi connectivity index (χ2v) is 10.9. The van der Waals surface area contributed by atoms with Gasteiger partial charge in [-0.3, -0.25) is 13.9 Å². The number of anilines is 1. The molecule has 1 N–H and O–H groups in total. The van der Waals surface area contributed by atoms with E-state index >= 15 is 0 Å². The molecule has 36 heavy (non-hydrogen) atoms. The highest BCUT2D eigenvalue weighted by molar-refractivity contribution is 7.92. The zero-order chi connectivity index (χ0) is 26.5. The summed E-state index contributed by atoms with van der Waals surface area (Å²) >= 11 is 12.5. The Kier molecular flexibility index (Phi) is 9.00. The molecule has 0 spiro atoms. The molecule has 0 radical (unpaired) electrons. The molecule has 0 unspecified atom stereocenters. The number of likely N-dealkylation sites (N-methyl/N-ethyl adjacent to an activating group) is 1. The third-order valence-electron chi connectivity index (χ3n) is 5.66. The van der Waals surface area contributed by atoms with Crippen LogP contribution in [-0.4, -0.2) is 44.8 Å². The summed E-state index contributed by atoms with van der Waals surface area (Å²) < 4.78 is 28.4. The van der Waals surface area contributed by atoms with Gasteiger partial charge in [-0.2, -0.15) is 0 Å². The number of aryl methyl sites for hydroxylation is 1. The highest BCUT2D eigenvalue weighted by Crippen LogP contribution is 2.31. The van der Waals surface area contributed by atoms with Crippen molar-refractivity contribution in [3.8, 4) is 0 Å². The molecule has 0 fully saturated rings. The molecule has 3 aromatic carbocycles. The zero-order valence-electron chi connectivity index (χ0n) is 20.1. The van der Waals surface area contributed by atoms with Crippen molar-refractivity contribution in [3.05, 3.63) is 94.0 Å². The minimum absolute atomic E-state index is 0.0153. The molecule has 7 nitrogen and oxygen atoms in total. The fourth-order valence-electron chi connectivity index (χ4n) is 3.63. The molecule has 3 rings (SSSR count). The number of rotatable bonds is 9. The Balaban J connectivity index is 2.05. The maximum absolute atomic E-state index is 13.7. The van der Waals surface area contributed by atoms with E-state index in [1.54, 1.807) is 61.5 Å². The van der Waals surface area contributed by atoms with E-state index in [4.69, 9.17) is 23.2 Å². The first kappa shape index (κ1) is 27.5. The Bertz CT molecular complexity index is 1350. The van der Waals surface area contributed by atoms with Crippen molar-refractivity contribution >= 4 is 50.7 Å². The van der Waals surface area contributed by atoms with Crippen LogP contribution in [0.1, 0.15) is 18.1 Å². The topological polar surface area (TPSA) is 86.8 Å². The predicted octanol–water partition coefficient (Wildman–Crippen LogP) is 4.66. The van der Waals surface area contributed by atoms with E-state index in [2.05, 4.69) is 5.32 Å². The first-order valence-electron chi connectivity index (χ1n) is 11.1. The summed E-state index contributed by atoms with van der Waals surface area (Å²) in [4.78, 5) is 27.5. The Morgan fingerprint density at radius 1 is 0.972 bits per heavy atom. The van der Waals surface area contributed by atoms with Gasteiger partial charge in [0, 0.05) is 18.6 Å². The summed E-state index contributed by atoms with van der Waals surface area (Å²) in [5, 5.41) is 3.19. The quantitative estimate of drug-likeness (QED) is 0.422. The number of sulfonamides is 1. The fourth-order valence-corrected chi connectivity index (χ4v) is 5.56. The highest BCUT2D eigenvalue weighted by Gasteiger charge is 2.33. The number of hydrogen-bond donors (Lipinski definition) is 1. The van der Waals surface area contributed by atoms with Crippen LogP contribution in [0.25, 0.3) is 0 Å². The summed E-state index contributed by atoms with van der Waals surface area (Å²) in [6.07, 6.45) is 0. The Hall–Kier alpha value is -3.07. The third-order valence-corrected chi connectivity index (χ3v) is 7.99. The molecule has 0 aromatic heterocycles. The van der Waals surface area contributed by atoms with Crippen LogP contribution in [0.2, 0.25) is 10.0 Å². The van der Waals surface area contributed by atoms with Gasteiger partial charge in [-0.25, -0.2) is 8.42 Å². The van der Waals surface area contributed by atoms with Crippen molar-refractivity contribution < 1.29 is 18.0 Å². The molecule has 190 valence electrons. The fraction of sp³-hybridized carbons (Fsp3) is 0.231. The Labute approximate surface area is 221 Å². The van der Waals surface area contributed by atoms with Crippen LogP contribution >= 0.6 is 23.2 Å². The van der Waals surface area contributed by atoms with Gasteiger partial charge in [-0.05, 0) is 55.8 Å². The first-order chi connectivity index (χ1) is 17.0. The second kappa shape index (κ2) is 11.8. The summed E-state index contributed by atoms with van der Waals surface area (Å²) in [5.74, 6) is -0.974. The van der Waals surface area contributed by atoms with Crippen molar-refractivity contribution in [2.24, 2.45) is 0 Å². The maximum atomic E-state index is 13.7. The average Bonchev–Trinajstić information content (AvgIpc) is 2.85. The van der Waals surface area contributed by atoms with E-state index in [0.717, 1.165) is 9.87 Å². The van der Waals surface area contributed by atoms with Gasteiger partial charge in [-0.1, -0.05) is 65.2 Å². The van der Waals surface area contributed by atoms with Gasteiger partial charge < -0.3 is 10.2 Å². The number of carbonyl (C=O) groups excluding carboxylic acids is 2. The molecule has 0 heterocycles. The normalized spacial score (nSPS) is 12.0. The monoisotopic (exact) mass is 547 g/mol. The van der Waals surface area contributed by atoms with Crippen LogP contribution in [0.15, 0.2) is 77.7 Å². The SMILES string of the molecule is CNC(=O)[C@@H](C)N(Cc1cccc(Cl)c1)C(=O)CN(c1ccccc1Cl)S(=O)(=O)c1ccc(C)cc1. The van der Waals surface area contributed by atoms with Gasteiger partial charge in [0.1, 0.15) is 12.6 Å². The zero-order valence-corrected chi connectivity index (χ0v) is 22.4. The van der Waals surface area contributed by atoms with E-state index in [0.29, 0.717) is 10.6 Å². The van der Waals surface area contributed by atoms with Gasteiger partial charge in [0.05, 0.1) is 15.6 Å². The van der Waals surface area contributed by atoms with E-state index in [9.17, 15) is 18.0 Å². The number of para-hydroxylation sites is 1. The van der Waals surface area contributed by atoms with Gasteiger partial charge in [0.25, 0.3) is 10.0 Å². The van der Waals surface area contributed by atoms with Gasteiger partial charge in [0.2, 0.25) is 11.8 Å². The van der Waals surface area contributed by atoms with Crippen molar-refractivity contribution in [1.82, 2.24) is 10.2 Å². The lowest BCUT2D eigenvalue weighted by Gasteiger charge is -2.32. The molecule has 2 amide bonds. The lowest BCUT2D eigenvalue weighted by molar-refractivity contribution is -0.139. The largest absolute Gasteiger partial charge is 0.357 e. The van der Waals surface area contributed by atoms with Crippen LogP contribution in [0, 0.1) is 6.92 Å². The molecule has 10 heteroatoms. The minimum atomic E-state index is -4.17. The number of halogens is 2. The second-order valence-electron chi connectivity index (χ2n) is 8.22. The van der Waals surface area contributed by atoms with Crippen LogP contribution in [0.3, 0.4) is 0 Å². The van der Waals surface area contributed by atoms with Crippen LogP contribution in [0.5, 0.6) is 0 Å². The predicted molar refractivity (Wildman–Crippen MR) is 143 cm³/mol. The third kappa shape index (κ3) is 6.37. The van der Waals surface area contributed by atoms with Crippen LogP contribution in [-0.2, 0) is 26.2 Å². The molecule has 0 saturated heterocycles. The lowest BCUT2D eigenvalue weighted by Crippen LogP contribution is -2.50. The van der Waals surface area contributed by atoms with E-state index in [1.165, 1.54) is 30.1 Å². The maximum Gasteiger partial charge on any atom is 0.264 e. The molecule has 0 aliphatic heterocycles. The molecule has 0 aliphatic rings. The highest BCUT2D eigenvalue weighted by atomic mass is 35.5. The number of nitrogens with one attached hydrogen (secondary N) is 1.